The number of nitrogens with two attached hydrogens (primary N) is 1. The van der Waals surface area contributed by atoms with Gasteiger partial charge in [0.2, 0.25) is 0 Å². The summed E-state index contributed by atoms with van der Waals surface area (Å²) in [6.45, 7) is 9.76. The highest BCUT2D eigenvalue weighted by molar-refractivity contribution is 5.70. The molecule has 1 amide bonds. The second-order valence-corrected chi connectivity index (χ2v) is 9.93. The van der Waals surface area contributed by atoms with Crippen LogP contribution in [0.5, 0.6) is 0 Å². The first-order valence-electron chi connectivity index (χ1n) is 11.1. The molecular formula is C27H34N2O3. The lowest BCUT2D eigenvalue weighted by atomic mass is 9.80. The van der Waals surface area contributed by atoms with Crippen molar-refractivity contribution in [2.24, 2.45) is 5.73 Å². The molecule has 1 saturated heterocycles. The van der Waals surface area contributed by atoms with E-state index in [4.69, 9.17) is 10.5 Å². The van der Waals surface area contributed by atoms with Gasteiger partial charge in [0.25, 0.3) is 0 Å². The molecule has 170 valence electrons. The van der Waals surface area contributed by atoms with E-state index in [2.05, 4.69) is 11.8 Å². The lowest BCUT2D eigenvalue weighted by Gasteiger charge is -2.45. The minimum atomic E-state index is -0.973. The van der Waals surface area contributed by atoms with Gasteiger partial charge in [-0.15, -0.1) is 0 Å². The number of hydrogen-bond donors (Lipinski definition) is 2. The van der Waals surface area contributed by atoms with Crippen LogP contribution in [-0.4, -0.2) is 33.8 Å². The third-order valence-corrected chi connectivity index (χ3v) is 5.68. The molecule has 1 fully saturated rings. The Labute approximate surface area is 191 Å². The number of rotatable bonds is 5. The van der Waals surface area contributed by atoms with Crippen LogP contribution in [0.3, 0.4) is 0 Å². The fraction of sp³-hybridized carbons (Fsp3) is 0.444. The second-order valence-electron chi connectivity index (χ2n) is 9.93. The molecule has 0 spiro atoms. The summed E-state index contributed by atoms with van der Waals surface area (Å²) in [6.07, 6.45) is 0.570. The minimum absolute atomic E-state index is 0.147. The van der Waals surface area contributed by atoms with Crippen LogP contribution in [0.25, 0.3) is 0 Å². The van der Waals surface area contributed by atoms with Crippen molar-refractivity contribution in [2.45, 2.75) is 70.2 Å². The summed E-state index contributed by atoms with van der Waals surface area (Å²) in [4.78, 5) is 14.9. The molecular weight excluding hydrogens is 400 g/mol. The highest BCUT2D eigenvalue weighted by Crippen LogP contribution is 2.42. The minimum Gasteiger partial charge on any atom is -0.438 e. The molecule has 0 aliphatic carbocycles. The van der Waals surface area contributed by atoms with Crippen LogP contribution in [0, 0.1) is 11.8 Å². The Morgan fingerprint density at radius 1 is 1.12 bits per heavy atom. The number of aliphatic hydroxyl groups is 1. The highest BCUT2D eigenvalue weighted by Gasteiger charge is 2.46. The molecule has 2 atom stereocenters. The molecule has 5 heteroatoms. The summed E-state index contributed by atoms with van der Waals surface area (Å²) >= 11 is 0. The third kappa shape index (κ3) is 5.91. The van der Waals surface area contributed by atoms with Crippen LogP contribution in [0.1, 0.15) is 70.2 Å². The molecule has 1 aliphatic rings. The molecule has 3 rings (SSSR count). The van der Waals surface area contributed by atoms with Crippen molar-refractivity contribution in [1.82, 2.24) is 4.90 Å². The number of nitrogens with zero attached hydrogens (tertiary/aromatic N) is 1. The molecule has 1 aliphatic heterocycles. The maximum atomic E-state index is 13.1. The molecule has 1 heterocycles. The number of ether oxygens (including phenoxy) is 1. The largest absolute Gasteiger partial charge is 0.438 e. The van der Waals surface area contributed by atoms with E-state index < -0.39 is 16.7 Å². The smallest absolute Gasteiger partial charge is 0.411 e. The number of cyclic esters (lactones) is 1. The summed E-state index contributed by atoms with van der Waals surface area (Å²) in [5.41, 5.74) is 6.37. The maximum absolute atomic E-state index is 13.1. The van der Waals surface area contributed by atoms with E-state index in [1.165, 1.54) is 0 Å². The first-order valence-corrected chi connectivity index (χ1v) is 11.1. The first kappa shape index (κ1) is 23.8. The van der Waals surface area contributed by atoms with Crippen LogP contribution >= 0.6 is 0 Å². The molecule has 2 aromatic carbocycles. The maximum Gasteiger partial charge on any atom is 0.411 e. The van der Waals surface area contributed by atoms with Crippen LogP contribution in [0.2, 0.25) is 0 Å². The zero-order valence-electron chi connectivity index (χ0n) is 19.7. The van der Waals surface area contributed by atoms with Crippen molar-refractivity contribution < 1.29 is 14.6 Å². The van der Waals surface area contributed by atoms with E-state index in [0.29, 0.717) is 19.4 Å². The lowest BCUT2D eigenvalue weighted by molar-refractivity contribution is -0.101. The fourth-order valence-corrected chi connectivity index (χ4v) is 4.15. The normalized spacial score (nSPS) is 20.2. The topological polar surface area (TPSA) is 75.8 Å². The van der Waals surface area contributed by atoms with E-state index >= 15 is 0 Å². The number of amides is 1. The first-order chi connectivity index (χ1) is 14.9. The number of carbonyl (C=O) groups is 1. The van der Waals surface area contributed by atoms with E-state index in [9.17, 15) is 9.90 Å². The molecule has 2 aromatic rings. The van der Waals surface area contributed by atoms with Gasteiger partial charge in [-0.3, -0.25) is 0 Å². The molecule has 32 heavy (non-hydrogen) atoms. The van der Waals surface area contributed by atoms with Crippen LogP contribution in [0.15, 0.2) is 54.6 Å². The highest BCUT2D eigenvalue weighted by atomic mass is 16.6. The Hall–Kier alpha value is -2.81. The molecule has 0 saturated carbocycles. The molecule has 0 aromatic heterocycles. The monoisotopic (exact) mass is 434 g/mol. The predicted molar refractivity (Wildman–Crippen MR) is 127 cm³/mol. The van der Waals surface area contributed by atoms with Crippen molar-refractivity contribution in [2.75, 3.05) is 6.54 Å². The van der Waals surface area contributed by atoms with Crippen molar-refractivity contribution in [3.05, 3.63) is 71.3 Å². The summed E-state index contributed by atoms with van der Waals surface area (Å²) in [7, 11) is 0. The standard InChI is InChI=1S/C27H34N2O3/c1-20(22-13-11-21(12-14-22)15-16-25(2,3)28)29-18-17-27(32-24(29)30,19-26(4,5)31)23-9-7-6-8-10-23/h6-14,20,31H,17-19,28H2,1-5H3. The van der Waals surface area contributed by atoms with Gasteiger partial charge in [-0.25, -0.2) is 4.79 Å². The zero-order valence-corrected chi connectivity index (χ0v) is 19.7. The van der Waals surface area contributed by atoms with E-state index in [-0.39, 0.29) is 12.1 Å². The Balaban J connectivity index is 1.79. The second kappa shape index (κ2) is 8.97. The van der Waals surface area contributed by atoms with Crippen molar-refractivity contribution in [3.8, 4) is 11.8 Å². The van der Waals surface area contributed by atoms with E-state index in [1.54, 1.807) is 18.7 Å². The van der Waals surface area contributed by atoms with E-state index in [1.807, 2.05) is 75.4 Å². The Bertz CT molecular complexity index is 992. The van der Waals surface area contributed by atoms with Gasteiger partial charge in [0, 0.05) is 24.9 Å². The van der Waals surface area contributed by atoms with Gasteiger partial charge in [-0.1, -0.05) is 54.3 Å². The number of benzene rings is 2. The summed E-state index contributed by atoms with van der Waals surface area (Å²) in [5, 5.41) is 10.5. The molecule has 0 radical (unpaired) electrons. The third-order valence-electron chi connectivity index (χ3n) is 5.68. The average Bonchev–Trinajstić information content (AvgIpc) is 2.71. The SMILES string of the molecule is CC(c1ccc(C#CC(C)(C)N)cc1)N1CCC(CC(C)(C)O)(c2ccccc2)OC1=O. The van der Waals surface area contributed by atoms with Crippen LogP contribution < -0.4 is 5.73 Å². The molecule has 3 N–H and O–H groups in total. The summed E-state index contributed by atoms with van der Waals surface area (Å²) < 4.78 is 6.08. The van der Waals surface area contributed by atoms with Gasteiger partial charge in [-0.05, 0) is 57.9 Å². The van der Waals surface area contributed by atoms with Gasteiger partial charge < -0.3 is 20.5 Å². The van der Waals surface area contributed by atoms with Crippen LogP contribution in [0.4, 0.5) is 4.79 Å². The van der Waals surface area contributed by atoms with Gasteiger partial charge in [0.15, 0.2) is 0 Å². The van der Waals surface area contributed by atoms with Gasteiger partial charge in [0.05, 0.1) is 17.2 Å². The predicted octanol–water partition coefficient (Wildman–Crippen LogP) is 4.74. The number of carbonyl (C=O) groups excluding carboxylic acids is 1. The summed E-state index contributed by atoms with van der Waals surface area (Å²) in [5.74, 6) is 6.11. The number of hydrogen-bond acceptors (Lipinski definition) is 4. The molecule has 0 bridgehead atoms. The summed E-state index contributed by atoms with van der Waals surface area (Å²) in [6, 6.07) is 17.4. The van der Waals surface area contributed by atoms with E-state index in [0.717, 1.165) is 16.7 Å². The Morgan fingerprint density at radius 2 is 1.75 bits per heavy atom. The quantitative estimate of drug-likeness (QED) is 0.667. The molecule has 2 unspecified atom stereocenters. The Kier molecular flexibility index (Phi) is 6.69. The van der Waals surface area contributed by atoms with Gasteiger partial charge in [0.1, 0.15) is 5.60 Å². The molecule has 5 nitrogen and oxygen atoms in total. The fourth-order valence-electron chi connectivity index (χ4n) is 4.15. The average molecular weight is 435 g/mol. The van der Waals surface area contributed by atoms with Gasteiger partial charge in [-0.2, -0.15) is 0 Å². The van der Waals surface area contributed by atoms with Crippen molar-refractivity contribution in [3.63, 3.8) is 0 Å². The van der Waals surface area contributed by atoms with Crippen molar-refractivity contribution in [1.29, 1.82) is 0 Å². The van der Waals surface area contributed by atoms with Gasteiger partial charge >= 0.3 is 6.09 Å². The van der Waals surface area contributed by atoms with Crippen molar-refractivity contribution >= 4 is 6.09 Å². The Morgan fingerprint density at radius 3 is 2.28 bits per heavy atom. The lowest BCUT2D eigenvalue weighted by Crippen LogP contribution is -2.51. The zero-order chi connectivity index (χ0) is 23.6. The van der Waals surface area contributed by atoms with Crippen LogP contribution in [-0.2, 0) is 10.3 Å².